The Kier molecular flexibility index (Phi) is 5.10. The number of carbonyl (C=O) groups is 2. The molecule has 3 heterocycles. The number of anilines is 1. The van der Waals surface area contributed by atoms with Gasteiger partial charge in [0.15, 0.2) is 5.69 Å². The zero-order valence-electron chi connectivity index (χ0n) is 17.8. The number of likely N-dealkylation sites (tertiary alicyclic amines) is 1. The lowest BCUT2D eigenvalue weighted by molar-refractivity contribution is -0.125. The molecule has 0 unspecified atom stereocenters. The van der Waals surface area contributed by atoms with E-state index in [2.05, 4.69) is 33.1 Å². The highest BCUT2D eigenvalue weighted by atomic mass is 35.5. The number of aromatic nitrogens is 4. The molecule has 1 saturated carbocycles. The maximum Gasteiger partial charge on any atom is 0.255 e. The van der Waals surface area contributed by atoms with Gasteiger partial charge in [-0.05, 0) is 43.4 Å². The van der Waals surface area contributed by atoms with Crippen molar-refractivity contribution in [3.63, 3.8) is 0 Å². The van der Waals surface area contributed by atoms with Gasteiger partial charge in [-0.15, -0.1) is 0 Å². The highest BCUT2D eigenvalue weighted by Gasteiger charge is 2.31. The van der Waals surface area contributed by atoms with Gasteiger partial charge in [0.25, 0.3) is 5.91 Å². The number of nitrogens with two attached hydrogens (primary N) is 2. The van der Waals surface area contributed by atoms with Crippen molar-refractivity contribution in [2.24, 2.45) is 5.73 Å². The number of halogens is 1. The summed E-state index contributed by atoms with van der Waals surface area (Å²) in [6, 6.07) is 3.98. The van der Waals surface area contributed by atoms with Gasteiger partial charge < -0.3 is 20.9 Å². The van der Waals surface area contributed by atoms with Crippen molar-refractivity contribution < 1.29 is 9.59 Å². The van der Waals surface area contributed by atoms with Crippen molar-refractivity contribution in [2.75, 3.05) is 18.8 Å². The molecule has 0 spiro atoms. The molecule has 9 nitrogen and oxygen atoms in total. The van der Waals surface area contributed by atoms with Gasteiger partial charge in [-0.3, -0.25) is 9.59 Å². The Morgan fingerprint density at radius 1 is 1.21 bits per heavy atom. The Morgan fingerprint density at radius 2 is 2.00 bits per heavy atom. The smallest absolute Gasteiger partial charge is 0.255 e. The Labute approximate surface area is 195 Å². The van der Waals surface area contributed by atoms with E-state index in [0.29, 0.717) is 36.1 Å². The van der Waals surface area contributed by atoms with Crippen LogP contribution in [0.5, 0.6) is 0 Å². The summed E-state index contributed by atoms with van der Waals surface area (Å²) in [5, 5.41) is 4.95. The Balaban J connectivity index is 1.49. The molecule has 0 bridgehead atoms. The molecule has 2 fully saturated rings. The normalized spacial score (nSPS) is 17.7. The number of benzene rings is 1. The highest BCUT2D eigenvalue weighted by Crippen LogP contribution is 2.38. The summed E-state index contributed by atoms with van der Waals surface area (Å²) >= 11 is 6.49. The molecule has 1 atom stereocenters. The lowest BCUT2D eigenvalue weighted by Crippen LogP contribution is -2.27. The molecule has 168 valence electrons. The Morgan fingerprint density at radius 3 is 2.70 bits per heavy atom. The number of hydrogen-bond acceptors (Lipinski definition) is 5. The fraction of sp³-hybridized carbons (Fsp3) is 0.304. The third-order valence-electron chi connectivity index (χ3n) is 6.11. The van der Waals surface area contributed by atoms with Crippen LogP contribution < -0.4 is 11.5 Å². The van der Waals surface area contributed by atoms with Crippen LogP contribution in [0.25, 0.3) is 11.0 Å². The number of hydrogen-bond donors (Lipinski definition) is 2. The molecule has 2 aliphatic rings. The van der Waals surface area contributed by atoms with Gasteiger partial charge >= 0.3 is 0 Å². The van der Waals surface area contributed by atoms with Gasteiger partial charge in [-0.2, -0.15) is 5.10 Å². The van der Waals surface area contributed by atoms with E-state index in [-0.39, 0.29) is 29.0 Å². The van der Waals surface area contributed by atoms with E-state index in [1.165, 1.54) is 10.8 Å². The van der Waals surface area contributed by atoms with Gasteiger partial charge in [-0.1, -0.05) is 24.1 Å². The molecule has 4 N–H and O–H groups in total. The zero-order valence-corrected chi connectivity index (χ0v) is 18.5. The second kappa shape index (κ2) is 7.98. The van der Waals surface area contributed by atoms with E-state index >= 15 is 0 Å². The van der Waals surface area contributed by atoms with E-state index < -0.39 is 5.91 Å². The number of rotatable bonds is 4. The molecule has 2 aromatic heterocycles. The van der Waals surface area contributed by atoms with Gasteiger partial charge in [0, 0.05) is 24.7 Å². The van der Waals surface area contributed by atoms with Crippen molar-refractivity contribution in [3.8, 4) is 11.8 Å². The Hall–Kier alpha value is -3.77. The van der Waals surface area contributed by atoms with Crippen LogP contribution in [-0.2, 0) is 4.79 Å². The first kappa shape index (κ1) is 21.1. The number of amides is 2. The topological polar surface area (TPSA) is 125 Å². The van der Waals surface area contributed by atoms with E-state index in [0.717, 1.165) is 23.9 Å². The molecule has 33 heavy (non-hydrogen) atoms. The molecule has 1 aromatic carbocycles. The third kappa shape index (κ3) is 3.72. The molecule has 3 aromatic rings. The standard InChI is InChI=1S/C23H22ClN7O2/c1-2-20(32)29-8-7-15(11-29)31-22(25)21(23(26)33)17(28-31)6-3-13-9-18-19(10-16(13)24)30(12-27-18)14-4-5-14/h2,9-10,12,14-15H,1,4-5,7-8,11,25H2,(H2,26,33)/t15-/m0/s1. The molecule has 1 aliphatic carbocycles. The van der Waals surface area contributed by atoms with Crippen molar-refractivity contribution in [1.29, 1.82) is 0 Å². The van der Waals surface area contributed by atoms with Crippen LogP contribution in [0.3, 0.4) is 0 Å². The second-order valence-corrected chi connectivity index (χ2v) is 8.71. The van der Waals surface area contributed by atoms with Crippen LogP contribution in [-0.4, -0.2) is 49.1 Å². The largest absolute Gasteiger partial charge is 0.383 e. The highest BCUT2D eigenvalue weighted by molar-refractivity contribution is 6.32. The minimum atomic E-state index is -0.718. The first-order valence-corrected chi connectivity index (χ1v) is 11.0. The molecule has 0 radical (unpaired) electrons. The van der Waals surface area contributed by atoms with Gasteiger partial charge in [0.05, 0.1) is 28.4 Å². The summed E-state index contributed by atoms with van der Waals surface area (Å²) < 4.78 is 3.66. The van der Waals surface area contributed by atoms with Crippen molar-refractivity contribution >= 4 is 40.3 Å². The first-order valence-electron chi connectivity index (χ1n) is 10.6. The summed E-state index contributed by atoms with van der Waals surface area (Å²) in [4.78, 5) is 30.2. The van der Waals surface area contributed by atoms with Crippen LogP contribution >= 0.6 is 11.6 Å². The summed E-state index contributed by atoms with van der Waals surface area (Å²) in [7, 11) is 0. The fourth-order valence-corrected chi connectivity index (χ4v) is 4.45. The number of nitrogen functional groups attached to an aromatic ring is 1. The predicted octanol–water partition coefficient (Wildman–Crippen LogP) is 2.26. The molecule has 1 aliphatic heterocycles. The quantitative estimate of drug-likeness (QED) is 0.453. The predicted molar refractivity (Wildman–Crippen MR) is 125 cm³/mol. The lowest BCUT2D eigenvalue weighted by atomic mass is 10.1. The number of primary amides is 1. The molecular formula is C23H22ClN7O2. The van der Waals surface area contributed by atoms with E-state index in [1.807, 2.05) is 18.5 Å². The first-order chi connectivity index (χ1) is 15.9. The SMILES string of the molecule is C=CC(=O)N1CC[C@H](n2nc(C#Cc3cc4ncn(C5CC5)c4cc3Cl)c(C(N)=O)c2N)C1. The minimum Gasteiger partial charge on any atom is -0.383 e. The minimum absolute atomic E-state index is 0.0613. The van der Waals surface area contributed by atoms with Gasteiger partial charge in [-0.25, -0.2) is 9.67 Å². The monoisotopic (exact) mass is 463 g/mol. The van der Waals surface area contributed by atoms with Crippen LogP contribution in [0.15, 0.2) is 31.1 Å². The van der Waals surface area contributed by atoms with Crippen LogP contribution in [0.4, 0.5) is 5.82 Å². The summed E-state index contributed by atoms with van der Waals surface area (Å²) in [6.07, 6.45) is 6.03. The summed E-state index contributed by atoms with van der Waals surface area (Å²) in [5.41, 5.74) is 14.4. The molecule has 5 rings (SSSR count). The number of carbonyl (C=O) groups excluding carboxylic acids is 2. The van der Waals surface area contributed by atoms with Crippen LogP contribution in [0, 0.1) is 11.8 Å². The molecular weight excluding hydrogens is 442 g/mol. The van der Waals surface area contributed by atoms with Crippen LogP contribution in [0.1, 0.15) is 53.0 Å². The van der Waals surface area contributed by atoms with E-state index in [9.17, 15) is 9.59 Å². The maximum atomic E-state index is 12.1. The van der Waals surface area contributed by atoms with Crippen molar-refractivity contribution in [1.82, 2.24) is 24.2 Å². The number of nitrogens with zero attached hydrogens (tertiary/aromatic N) is 5. The summed E-state index contributed by atoms with van der Waals surface area (Å²) in [5.74, 6) is 5.16. The molecule has 2 amide bonds. The fourth-order valence-electron chi connectivity index (χ4n) is 4.24. The Bertz CT molecular complexity index is 1370. The second-order valence-electron chi connectivity index (χ2n) is 8.30. The zero-order chi connectivity index (χ0) is 23.3. The van der Waals surface area contributed by atoms with E-state index in [1.54, 1.807) is 4.90 Å². The molecule has 10 heteroatoms. The maximum absolute atomic E-state index is 12.1. The molecule has 1 saturated heterocycles. The van der Waals surface area contributed by atoms with Crippen LogP contribution in [0.2, 0.25) is 5.02 Å². The van der Waals surface area contributed by atoms with Crippen molar-refractivity contribution in [2.45, 2.75) is 31.3 Å². The lowest BCUT2D eigenvalue weighted by Gasteiger charge is -2.15. The average Bonchev–Trinajstić information content (AvgIpc) is 3.22. The van der Waals surface area contributed by atoms with Gasteiger partial charge in [0.1, 0.15) is 11.4 Å². The van der Waals surface area contributed by atoms with E-state index in [4.69, 9.17) is 23.1 Å². The summed E-state index contributed by atoms with van der Waals surface area (Å²) in [6.45, 7) is 4.48. The van der Waals surface area contributed by atoms with Crippen molar-refractivity contribution in [3.05, 3.63) is 53.0 Å². The number of imidazole rings is 1. The van der Waals surface area contributed by atoms with Gasteiger partial charge in [0.2, 0.25) is 5.91 Å². The average molecular weight is 464 g/mol. The third-order valence-corrected chi connectivity index (χ3v) is 6.42. The number of fused-ring (bicyclic) bond motifs is 1.